The first kappa shape index (κ1) is 19.8. The molecule has 0 aliphatic heterocycles. The average molecular weight is 394 g/mol. The first-order chi connectivity index (χ1) is 13.5. The van der Waals surface area contributed by atoms with Crippen molar-refractivity contribution in [3.63, 3.8) is 0 Å². The van der Waals surface area contributed by atoms with E-state index in [-0.39, 0.29) is 17.9 Å². The van der Waals surface area contributed by atoms with Crippen LogP contribution >= 0.6 is 11.3 Å². The molecule has 0 aliphatic rings. The van der Waals surface area contributed by atoms with Crippen molar-refractivity contribution in [2.45, 2.75) is 32.7 Å². The molecule has 2 amide bonds. The Balaban J connectivity index is 1.66. The van der Waals surface area contributed by atoms with Crippen molar-refractivity contribution in [3.05, 3.63) is 81.8 Å². The minimum atomic E-state index is -0.313. The van der Waals surface area contributed by atoms with E-state index in [9.17, 15) is 9.59 Å². The van der Waals surface area contributed by atoms with Gasteiger partial charge in [-0.2, -0.15) is 0 Å². The predicted molar refractivity (Wildman–Crippen MR) is 113 cm³/mol. The third kappa shape index (κ3) is 5.27. The Morgan fingerprint density at radius 2 is 1.68 bits per heavy atom. The highest BCUT2D eigenvalue weighted by Gasteiger charge is 2.16. The maximum Gasteiger partial charge on any atom is 0.275 e. The molecule has 0 radical (unpaired) electrons. The van der Waals surface area contributed by atoms with E-state index >= 15 is 0 Å². The summed E-state index contributed by atoms with van der Waals surface area (Å²) in [6.45, 7) is 3.79. The average Bonchev–Trinajstić information content (AvgIpc) is 3.16. The highest BCUT2D eigenvalue weighted by Crippen LogP contribution is 2.18. The van der Waals surface area contributed by atoms with Crippen LogP contribution < -0.4 is 10.6 Å². The second kappa shape index (κ2) is 9.28. The van der Waals surface area contributed by atoms with Crippen molar-refractivity contribution in [2.24, 2.45) is 0 Å². The molecular formula is C22H23N3O2S. The topological polar surface area (TPSA) is 71.1 Å². The number of hydrogen-bond donors (Lipinski definition) is 2. The highest BCUT2D eigenvalue weighted by molar-refractivity contribution is 7.09. The van der Waals surface area contributed by atoms with Gasteiger partial charge in [-0.3, -0.25) is 9.59 Å². The van der Waals surface area contributed by atoms with Crippen molar-refractivity contribution >= 4 is 28.8 Å². The first-order valence-electron chi connectivity index (χ1n) is 9.22. The van der Waals surface area contributed by atoms with Crippen LogP contribution in [-0.4, -0.2) is 22.8 Å². The molecule has 1 heterocycles. The molecule has 0 aliphatic carbocycles. The SMILES string of the molecule is CC(C)NC(=O)c1ccccc1NC(=O)c1csc(CCc2ccccc2)n1. The van der Waals surface area contributed by atoms with Crippen LogP contribution in [0.5, 0.6) is 0 Å². The number of nitrogens with zero attached hydrogens (tertiary/aromatic N) is 1. The van der Waals surface area contributed by atoms with Crippen LogP contribution in [-0.2, 0) is 12.8 Å². The summed E-state index contributed by atoms with van der Waals surface area (Å²) in [6.07, 6.45) is 1.67. The molecule has 2 aromatic carbocycles. The molecule has 6 heteroatoms. The summed E-state index contributed by atoms with van der Waals surface area (Å²) in [7, 11) is 0. The van der Waals surface area contributed by atoms with Crippen molar-refractivity contribution in [1.82, 2.24) is 10.3 Å². The van der Waals surface area contributed by atoms with Gasteiger partial charge in [-0.05, 0) is 38.0 Å². The van der Waals surface area contributed by atoms with Crippen LogP contribution in [0.1, 0.15) is 45.3 Å². The zero-order valence-electron chi connectivity index (χ0n) is 15.9. The number of nitrogens with one attached hydrogen (secondary N) is 2. The van der Waals surface area contributed by atoms with Crippen molar-refractivity contribution in [2.75, 3.05) is 5.32 Å². The smallest absolute Gasteiger partial charge is 0.275 e. The molecule has 144 valence electrons. The third-order valence-corrected chi connectivity index (χ3v) is 5.00. The van der Waals surface area contributed by atoms with E-state index in [0.717, 1.165) is 17.8 Å². The summed E-state index contributed by atoms with van der Waals surface area (Å²) >= 11 is 1.48. The van der Waals surface area contributed by atoms with Gasteiger partial charge in [-0.1, -0.05) is 42.5 Å². The van der Waals surface area contributed by atoms with Crippen LogP contribution in [0.2, 0.25) is 0 Å². The summed E-state index contributed by atoms with van der Waals surface area (Å²) in [6, 6.07) is 17.2. The normalized spacial score (nSPS) is 10.7. The van der Waals surface area contributed by atoms with Gasteiger partial charge in [0.1, 0.15) is 5.69 Å². The van der Waals surface area contributed by atoms with Gasteiger partial charge in [0, 0.05) is 17.8 Å². The predicted octanol–water partition coefficient (Wildman–Crippen LogP) is 4.32. The molecule has 0 spiro atoms. The number of aryl methyl sites for hydroxylation is 2. The van der Waals surface area contributed by atoms with Crippen LogP contribution in [0.15, 0.2) is 60.0 Å². The number of carbonyl (C=O) groups excluding carboxylic acids is 2. The lowest BCUT2D eigenvalue weighted by molar-refractivity contribution is 0.0944. The highest BCUT2D eigenvalue weighted by atomic mass is 32.1. The summed E-state index contributed by atoms with van der Waals surface area (Å²) < 4.78 is 0. The Hall–Kier alpha value is -2.99. The van der Waals surface area contributed by atoms with Gasteiger partial charge in [-0.25, -0.2) is 4.98 Å². The van der Waals surface area contributed by atoms with Gasteiger partial charge in [0.15, 0.2) is 0 Å². The van der Waals surface area contributed by atoms with Gasteiger partial charge >= 0.3 is 0 Å². The molecule has 1 aromatic heterocycles. The number of amides is 2. The molecule has 0 saturated carbocycles. The summed E-state index contributed by atoms with van der Waals surface area (Å²) in [4.78, 5) is 29.4. The quantitative estimate of drug-likeness (QED) is 0.628. The molecule has 5 nitrogen and oxygen atoms in total. The molecule has 0 bridgehead atoms. The summed E-state index contributed by atoms with van der Waals surface area (Å²) in [5.74, 6) is -0.528. The fraction of sp³-hybridized carbons (Fsp3) is 0.227. The molecular weight excluding hydrogens is 370 g/mol. The third-order valence-electron chi connectivity index (χ3n) is 4.09. The molecule has 2 N–H and O–H groups in total. The number of thiazole rings is 1. The van der Waals surface area contributed by atoms with E-state index < -0.39 is 0 Å². The first-order valence-corrected chi connectivity index (χ1v) is 10.1. The number of carbonyl (C=O) groups is 2. The lowest BCUT2D eigenvalue weighted by Gasteiger charge is -2.12. The molecule has 3 rings (SSSR count). The number of hydrogen-bond acceptors (Lipinski definition) is 4. The number of benzene rings is 2. The Bertz CT molecular complexity index is 951. The molecule has 0 unspecified atom stereocenters. The fourth-order valence-corrected chi connectivity index (χ4v) is 3.52. The van der Waals surface area contributed by atoms with Gasteiger partial charge in [0.2, 0.25) is 0 Å². The zero-order chi connectivity index (χ0) is 19.9. The van der Waals surface area contributed by atoms with Crippen LogP contribution in [0.3, 0.4) is 0 Å². The summed E-state index contributed by atoms with van der Waals surface area (Å²) in [5.41, 5.74) is 2.52. The largest absolute Gasteiger partial charge is 0.350 e. The number of rotatable bonds is 7. The van der Waals surface area contributed by atoms with Gasteiger partial charge in [0.25, 0.3) is 11.8 Å². The van der Waals surface area contributed by atoms with Gasteiger partial charge < -0.3 is 10.6 Å². The lowest BCUT2D eigenvalue weighted by atomic mass is 10.1. The maximum absolute atomic E-state index is 12.6. The second-order valence-corrected chi connectivity index (χ2v) is 7.68. The van der Waals surface area contributed by atoms with E-state index in [1.807, 2.05) is 32.0 Å². The van der Waals surface area contributed by atoms with E-state index in [0.29, 0.717) is 16.9 Å². The van der Waals surface area contributed by atoms with Crippen molar-refractivity contribution < 1.29 is 9.59 Å². The Morgan fingerprint density at radius 3 is 2.43 bits per heavy atom. The fourth-order valence-electron chi connectivity index (χ4n) is 2.74. The van der Waals surface area contributed by atoms with E-state index in [2.05, 4.69) is 27.8 Å². The lowest BCUT2D eigenvalue weighted by Crippen LogP contribution is -2.31. The van der Waals surface area contributed by atoms with E-state index in [1.165, 1.54) is 16.9 Å². The van der Waals surface area contributed by atoms with Crippen molar-refractivity contribution in [1.29, 1.82) is 0 Å². The maximum atomic E-state index is 12.6. The summed E-state index contributed by atoms with van der Waals surface area (Å²) in [5, 5.41) is 8.33. The zero-order valence-corrected chi connectivity index (χ0v) is 16.8. The van der Waals surface area contributed by atoms with Crippen LogP contribution in [0.25, 0.3) is 0 Å². The Kier molecular flexibility index (Phi) is 6.55. The monoisotopic (exact) mass is 393 g/mol. The number of anilines is 1. The van der Waals surface area contributed by atoms with Crippen LogP contribution in [0, 0.1) is 0 Å². The van der Waals surface area contributed by atoms with E-state index in [1.54, 1.807) is 29.6 Å². The Labute approximate surface area is 168 Å². The minimum absolute atomic E-state index is 0.0157. The van der Waals surface area contributed by atoms with E-state index in [4.69, 9.17) is 0 Å². The molecule has 0 atom stereocenters. The number of aromatic nitrogens is 1. The van der Waals surface area contributed by atoms with Gasteiger partial charge in [0.05, 0.1) is 16.3 Å². The molecule has 0 fully saturated rings. The molecule has 28 heavy (non-hydrogen) atoms. The van der Waals surface area contributed by atoms with Gasteiger partial charge in [-0.15, -0.1) is 11.3 Å². The standard InChI is InChI=1S/C22H23N3O2S/c1-15(2)23-21(26)17-10-6-7-11-18(17)25-22(27)19-14-28-20(24-19)13-12-16-8-4-3-5-9-16/h3-11,14-15H,12-13H2,1-2H3,(H,23,26)(H,25,27). The number of para-hydroxylation sites is 1. The van der Waals surface area contributed by atoms with Crippen LogP contribution in [0.4, 0.5) is 5.69 Å². The second-order valence-electron chi connectivity index (χ2n) is 6.74. The van der Waals surface area contributed by atoms with Crippen molar-refractivity contribution in [3.8, 4) is 0 Å². The molecule has 3 aromatic rings. The minimum Gasteiger partial charge on any atom is -0.350 e. The molecule has 0 saturated heterocycles. The Morgan fingerprint density at radius 1 is 0.964 bits per heavy atom.